The molecule has 17 heavy (non-hydrogen) atoms. The molecule has 0 radical (unpaired) electrons. The fourth-order valence-electron chi connectivity index (χ4n) is 2.15. The van der Waals surface area contributed by atoms with E-state index >= 15 is 0 Å². The van der Waals surface area contributed by atoms with Gasteiger partial charge in [-0.1, -0.05) is 12.2 Å². The first-order valence-corrected chi connectivity index (χ1v) is 6.45. The van der Waals surface area contributed by atoms with Crippen LogP contribution in [0.5, 0.6) is 0 Å². The Kier molecular flexibility index (Phi) is 3.48. The molecule has 90 valence electrons. The van der Waals surface area contributed by atoms with Crippen molar-refractivity contribution in [3.8, 4) is 0 Å². The standard InChI is InChI=1S/C14H18N2S/c1-4-16(5-2)11-6-7-13-12(9-11)14(17)8-10(3)15-13/h6-9H,4-5H2,1-3H3,(H,15,17). The van der Waals surface area contributed by atoms with Crippen molar-refractivity contribution in [2.75, 3.05) is 18.0 Å². The van der Waals surface area contributed by atoms with E-state index in [-0.39, 0.29) is 0 Å². The molecule has 0 aliphatic carbocycles. The zero-order chi connectivity index (χ0) is 12.4. The summed E-state index contributed by atoms with van der Waals surface area (Å²) in [6, 6.07) is 8.47. The number of anilines is 1. The lowest BCUT2D eigenvalue weighted by molar-refractivity contribution is 0.867. The molecule has 2 rings (SSSR count). The number of aromatic amines is 1. The van der Waals surface area contributed by atoms with Crippen LogP contribution >= 0.6 is 12.2 Å². The van der Waals surface area contributed by atoms with Crippen LogP contribution in [-0.4, -0.2) is 18.1 Å². The fraction of sp³-hybridized carbons (Fsp3) is 0.357. The van der Waals surface area contributed by atoms with Gasteiger partial charge in [-0.15, -0.1) is 0 Å². The summed E-state index contributed by atoms with van der Waals surface area (Å²) < 4.78 is 0.922. The molecule has 3 heteroatoms. The lowest BCUT2D eigenvalue weighted by atomic mass is 10.1. The Labute approximate surface area is 107 Å². The molecule has 0 fully saturated rings. The smallest absolute Gasteiger partial charge is 0.0488 e. The zero-order valence-corrected chi connectivity index (χ0v) is 11.4. The predicted octanol–water partition coefficient (Wildman–Crippen LogP) is 4.05. The summed E-state index contributed by atoms with van der Waals surface area (Å²) in [7, 11) is 0. The molecule has 0 bridgehead atoms. The van der Waals surface area contributed by atoms with Gasteiger partial charge < -0.3 is 9.88 Å². The number of nitrogens with zero attached hydrogens (tertiary/aromatic N) is 1. The molecule has 0 amide bonds. The molecule has 0 spiro atoms. The Morgan fingerprint density at radius 2 is 1.88 bits per heavy atom. The van der Waals surface area contributed by atoms with Crippen LogP contribution in [0, 0.1) is 11.4 Å². The van der Waals surface area contributed by atoms with Crippen molar-refractivity contribution in [3.63, 3.8) is 0 Å². The van der Waals surface area contributed by atoms with Gasteiger partial charge >= 0.3 is 0 Å². The van der Waals surface area contributed by atoms with Crippen molar-refractivity contribution in [1.29, 1.82) is 0 Å². The molecule has 0 aliphatic heterocycles. The van der Waals surface area contributed by atoms with Gasteiger partial charge in [-0.2, -0.15) is 0 Å². The van der Waals surface area contributed by atoms with Crippen LogP contribution in [0.4, 0.5) is 5.69 Å². The minimum absolute atomic E-state index is 0.922. The highest BCUT2D eigenvalue weighted by atomic mass is 32.1. The first-order valence-electron chi connectivity index (χ1n) is 6.04. The molecule has 0 aliphatic rings. The highest BCUT2D eigenvalue weighted by Gasteiger charge is 2.04. The third-order valence-electron chi connectivity index (χ3n) is 3.08. The summed E-state index contributed by atoms with van der Waals surface area (Å²) in [5.41, 5.74) is 3.47. The summed E-state index contributed by atoms with van der Waals surface area (Å²) in [5, 5.41) is 1.13. The number of rotatable bonds is 3. The topological polar surface area (TPSA) is 19.0 Å². The highest BCUT2D eigenvalue weighted by molar-refractivity contribution is 7.71. The van der Waals surface area contributed by atoms with Crippen LogP contribution in [0.2, 0.25) is 0 Å². The normalized spacial score (nSPS) is 10.8. The molecule has 1 heterocycles. The second-order valence-corrected chi connectivity index (χ2v) is 4.66. The Hall–Kier alpha value is -1.35. The van der Waals surface area contributed by atoms with Crippen molar-refractivity contribution in [2.24, 2.45) is 0 Å². The average molecular weight is 246 g/mol. The van der Waals surface area contributed by atoms with Gasteiger partial charge in [0.05, 0.1) is 0 Å². The number of benzene rings is 1. The largest absolute Gasteiger partial charge is 0.372 e. The van der Waals surface area contributed by atoms with Gasteiger partial charge in [0, 0.05) is 39.9 Å². The third kappa shape index (κ3) is 2.34. The summed E-state index contributed by atoms with van der Waals surface area (Å²) in [6.45, 7) is 8.41. The number of aromatic nitrogens is 1. The minimum atomic E-state index is 0.922. The number of fused-ring (bicyclic) bond motifs is 1. The van der Waals surface area contributed by atoms with Crippen LogP contribution in [0.25, 0.3) is 10.9 Å². The van der Waals surface area contributed by atoms with E-state index in [9.17, 15) is 0 Å². The molecule has 2 nitrogen and oxygen atoms in total. The molecular weight excluding hydrogens is 228 g/mol. The number of hydrogen-bond donors (Lipinski definition) is 1. The van der Waals surface area contributed by atoms with Gasteiger partial charge in [0.1, 0.15) is 0 Å². The molecule has 0 unspecified atom stereocenters. The minimum Gasteiger partial charge on any atom is -0.372 e. The van der Waals surface area contributed by atoms with Crippen LogP contribution < -0.4 is 4.90 Å². The quantitative estimate of drug-likeness (QED) is 0.824. The van der Waals surface area contributed by atoms with Crippen LogP contribution in [-0.2, 0) is 0 Å². The first kappa shape index (κ1) is 12.1. The highest BCUT2D eigenvalue weighted by Crippen LogP contribution is 2.22. The molecule has 0 saturated carbocycles. The summed E-state index contributed by atoms with van der Waals surface area (Å²) >= 11 is 5.42. The SMILES string of the molecule is CCN(CC)c1ccc2[nH]c(C)cc(=S)c2c1. The maximum absolute atomic E-state index is 5.42. The second kappa shape index (κ2) is 4.88. The predicted molar refractivity (Wildman–Crippen MR) is 77.4 cm³/mol. The molecule has 1 N–H and O–H groups in total. The number of nitrogens with one attached hydrogen (secondary N) is 1. The first-order chi connectivity index (χ1) is 8.15. The van der Waals surface area contributed by atoms with E-state index in [2.05, 4.69) is 41.9 Å². The van der Waals surface area contributed by atoms with Gasteiger partial charge in [-0.3, -0.25) is 0 Å². The fourth-order valence-corrected chi connectivity index (χ4v) is 2.50. The number of H-pyrrole nitrogens is 1. The maximum Gasteiger partial charge on any atom is 0.0488 e. The van der Waals surface area contributed by atoms with Gasteiger partial charge in [0.15, 0.2) is 0 Å². The maximum atomic E-state index is 5.42. The van der Waals surface area contributed by atoms with E-state index in [1.807, 2.05) is 13.0 Å². The van der Waals surface area contributed by atoms with Gasteiger partial charge in [-0.05, 0) is 45.0 Å². The molecule has 1 aromatic heterocycles. The van der Waals surface area contributed by atoms with Crippen molar-refractivity contribution in [3.05, 3.63) is 34.5 Å². The van der Waals surface area contributed by atoms with Crippen LogP contribution in [0.3, 0.4) is 0 Å². The third-order valence-corrected chi connectivity index (χ3v) is 3.41. The molecule has 2 aromatic rings. The Bertz CT molecular complexity index is 582. The Balaban J connectivity index is 2.61. The lowest BCUT2D eigenvalue weighted by Crippen LogP contribution is -2.21. The summed E-state index contributed by atoms with van der Waals surface area (Å²) in [4.78, 5) is 5.67. The van der Waals surface area contributed by atoms with Crippen molar-refractivity contribution < 1.29 is 0 Å². The van der Waals surface area contributed by atoms with E-state index in [4.69, 9.17) is 12.2 Å². The Morgan fingerprint density at radius 1 is 1.18 bits per heavy atom. The monoisotopic (exact) mass is 246 g/mol. The number of hydrogen-bond acceptors (Lipinski definition) is 2. The molecule has 0 saturated heterocycles. The lowest BCUT2D eigenvalue weighted by Gasteiger charge is -2.21. The second-order valence-electron chi connectivity index (χ2n) is 4.22. The van der Waals surface area contributed by atoms with Crippen molar-refractivity contribution >= 4 is 28.8 Å². The molecule has 1 aromatic carbocycles. The molecular formula is C14H18N2S. The van der Waals surface area contributed by atoms with Crippen molar-refractivity contribution in [2.45, 2.75) is 20.8 Å². The number of aryl methyl sites for hydroxylation is 1. The summed E-state index contributed by atoms with van der Waals surface area (Å²) in [6.07, 6.45) is 0. The van der Waals surface area contributed by atoms with E-state index in [1.54, 1.807) is 0 Å². The molecule has 0 atom stereocenters. The van der Waals surface area contributed by atoms with E-state index < -0.39 is 0 Å². The van der Waals surface area contributed by atoms with E-state index in [1.165, 1.54) is 5.69 Å². The van der Waals surface area contributed by atoms with Crippen molar-refractivity contribution in [1.82, 2.24) is 4.98 Å². The van der Waals surface area contributed by atoms with Gasteiger partial charge in [-0.25, -0.2) is 0 Å². The van der Waals surface area contributed by atoms with E-state index in [0.29, 0.717) is 0 Å². The van der Waals surface area contributed by atoms with Gasteiger partial charge in [0.2, 0.25) is 0 Å². The number of pyridine rings is 1. The van der Waals surface area contributed by atoms with Crippen LogP contribution in [0.1, 0.15) is 19.5 Å². The van der Waals surface area contributed by atoms with Crippen LogP contribution in [0.15, 0.2) is 24.3 Å². The van der Waals surface area contributed by atoms with Gasteiger partial charge in [0.25, 0.3) is 0 Å². The average Bonchev–Trinajstić information content (AvgIpc) is 2.31. The Morgan fingerprint density at radius 3 is 2.53 bits per heavy atom. The summed E-state index contributed by atoms with van der Waals surface area (Å²) in [5.74, 6) is 0. The van der Waals surface area contributed by atoms with E-state index in [0.717, 1.165) is 34.2 Å². The zero-order valence-electron chi connectivity index (χ0n) is 10.6.